The predicted molar refractivity (Wildman–Crippen MR) is 152 cm³/mol. The lowest BCUT2D eigenvalue weighted by atomic mass is 10.2. The second kappa shape index (κ2) is 10.3. The Labute approximate surface area is 224 Å². The number of benzene rings is 1. The van der Waals surface area contributed by atoms with Gasteiger partial charge in [-0.2, -0.15) is 0 Å². The van der Waals surface area contributed by atoms with E-state index in [0.29, 0.717) is 52.4 Å². The Morgan fingerprint density at radius 1 is 1.08 bits per heavy atom. The topological polar surface area (TPSA) is 61.2 Å². The third-order valence-corrected chi connectivity index (χ3v) is 8.22. The number of thioether (sulfide) groups is 1. The lowest BCUT2D eigenvalue weighted by Crippen LogP contribution is -2.47. The summed E-state index contributed by atoms with van der Waals surface area (Å²) in [4.78, 5) is 38.2. The maximum Gasteiger partial charge on any atom is 0.267 e. The van der Waals surface area contributed by atoms with E-state index >= 15 is 0 Å². The van der Waals surface area contributed by atoms with Gasteiger partial charge in [-0.25, -0.2) is 9.37 Å². The van der Waals surface area contributed by atoms with Crippen LogP contribution in [0.15, 0.2) is 52.3 Å². The van der Waals surface area contributed by atoms with Crippen molar-refractivity contribution in [2.45, 2.75) is 33.2 Å². The van der Waals surface area contributed by atoms with Gasteiger partial charge in [-0.3, -0.25) is 18.9 Å². The number of hydrogen-bond acceptors (Lipinski definition) is 7. The molecule has 7 nitrogen and oxygen atoms in total. The Balaban J connectivity index is 1.53. The van der Waals surface area contributed by atoms with Crippen molar-refractivity contribution in [2.24, 2.45) is 0 Å². The zero-order chi connectivity index (χ0) is 26.3. The lowest BCUT2D eigenvalue weighted by molar-refractivity contribution is -0.123. The van der Waals surface area contributed by atoms with Crippen molar-refractivity contribution in [3.8, 4) is 0 Å². The Hall–Kier alpha value is -3.24. The first-order valence-electron chi connectivity index (χ1n) is 12.3. The largest absolute Gasteiger partial charge is 0.368 e. The molecule has 1 amide bonds. The van der Waals surface area contributed by atoms with E-state index in [1.54, 1.807) is 29.3 Å². The Morgan fingerprint density at radius 2 is 1.76 bits per heavy atom. The average molecular weight is 538 g/mol. The number of pyridine rings is 1. The maximum absolute atomic E-state index is 13.7. The first-order valence-corrected chi connectivity index (χ1v) is 13.5. The van der Waals surface area contributed by atoms with E-state index in [2.05, 4.69) is 9.80 Å². The second-order valence-electron chi connectivity index (χ2n) is 9.35. The minimum absolute atomic E-state index is 0.0177. The number of fused-ring (bicyclic) bond motifs is 1. The van der Waals surface area contributed by atoms with E-state index in [0.717, 1.165) is 17.7 Å². The number of anilines is 2. The molecule has 37 heavy (non-hydrogen) atoms. The van der Waals surface area contributed by atoms with Gasteiger partial charge in [0.15, 0.2) is 0 Å². The Kier molecular flexibility index (Phi) is 7.04. The molecule has 0 radical (unpaired) electrons. The van der Waals surface area contributed by atoms with Crippen molar-refractivity contribution in [2.75, 3.05) is 36.0 Å². The monoisotopic (exact) mass is 537 g/mol. The standard InChI is InChI=1S/C27H28FN5O2S2/c1-4-18(3)33-26(35)22(37-27(33)36)15-21-24(29-23-10-5-17(2)16-32(23)25(21)34)31-13-11-30(12-14-31)20-8-6-19(28)7-9-20/h5-10,15-16,18H,4,11-14H2,1-3H3/b22-15+. The van der Waals surface area contributed by atoms with E-state index in [1.165, 1.54) is 28.3 Å². The van der Waals surface area contributed by atoms with Gasteiger partial charge in [0.05, 0.1) is 10.5 Å². The van der Waals surface area contributed by atoms with Crippen LogP contribution in [-0.4, -0.2) is 56.7 Å². The summed E-state index contributed by atoms with van der Waals surface area (Å²) in [5.74, 6) is 0.119. The van der Waals surface area contributed by atoms with E-state index in [1.807, 2.05) is 32.9 Å². The number of piperazine rings is 1. The van der Waals surface area contributed by atoms with E-state index in [9.17, 15) is 14.0 Å². The molecule has 1 atom stereocenters. The first kappa shape index (κ1) is 25.4. The summed E-state index contributed by atoms with van der Waals surface area (Å²) in [6.45, 7) is 8.53. The molecule has 10 heteroatoms. The molecular formula is C27H28FN5O2S2. The number of carbonyl (C=O) groups excluding carboxylic acids is 1. The van der Waals surface area contributed by atoms with Crippen LogP contribution in [0.3, 0.4) is 0 Å². The first-order chi connectivity index (χ1) is 17.8. The van der Waals surface area contributed by atoms with Crippen LogP contribution in [-0.2, 0) is 4.79 Å². The van der Waals surface area contributed by atoms with Crippen molar-refractivity contribution in [1.29, 1.82) is 0 Å². The minimum atomic E-state index is -0.262. The lowest BCUT2D eigenvalue weighted by Gasteiger charge is -2.37. The van der Waals surface area contributed by atoms with Crippen LogP contribution in [0.1, 0.15) is 31.4 Å². The maximum atomic E-state index is 13.7. The van der Waals surface area contributed by atoms with Gasteiger partial charge in [-0.05, 0) is 62.2 Å². The van der Waals surface area contributed by atoms with Crippen molar-refractivity contribution < 1.29 is 9.18 Å². The van der Waals surface area contributed by atoms with Gasteiger partial charge in [-0.15, -0.1) is 0 Å². The zero-order valence-electron chi connectivity index (χ0n) is 21.0. The summed E-state index contributed by atoms with van der Waals surface area (Å²) >= 11 is 6.72. The minimum Gasteiger partial charge on any atom is -0.368 e. The summed E-state index contributed by atoms with van der Waals surface area (Å²) in [6.07, 6.45) is 4.21. The molecule has 2 saturated heterocycles. The highest BCUT2D eigenvalue weighted by molar-refractivity contribution is 8.26. The molecule has 0 saturated carbocycles. The van der Waals surface area contributed by atoms with Gasteiger partial charge >= 0.3 is 0 Å². The summed E-state index contributed by atoms with van der Waals surface area (Å²) in [7, 11) is 0. The van der Waals surface area contributed by atoms with Crippen LogP contribution in [0.2, 0.25) is 0 Å². The molecule has 5 rings (SSSR count). The molecule has 2 fully saturated rings. The van der Waals surface area contributed by atoms with Gasteiger partial charge in [-0.1, -0.05) is 37.0 Å². The molecule has 3 aromatic rings. The number of hydrogen-bond donors (Lipinski definition) is 0. The number of carbonyl (C=O) groups is 1. The fourth-order valence-electron chi connectivity index (χ4n) is 4.62. The molecule has 2 aliphatic rings. The van der Waals surface area contributed by atoms with Crippen LogP contribution < -0.4 is 15.4 Å². The van der Waals surface area contributed by atoms with E-state index in [4.69, 9.17) is 17.2 Å². The van der Waals surface area contributed by atoms with Gasteiger partial charge in [0.25, 0.3) is 11.5 Å². The van der Waals surface area contributed by atoms with Crippen molar-refractivity contribution in [3.05, 3.63) is 74.8 Å². The molecule has 1 aromatic carbocycles. The zero-order valence-corrected chi connectivity index (χ0v) is 22.6. The number of rotatable bonds is 5. The van der Waals surface area contributed by atoms with Crippen LogP contribution in [0.25, 0.3) is 11.7 Å². The smallest absolute Gasteiger partial charge is 0.267 e. The fraction of sp³-hybridized carbons (Fsp3) is 0.333. The van der Waals surface area contributed by atoms with Crippen molar-refractivity contribution >= 4 is 57.4 Å². The molecule has 4 heterocycles. The van der Waals surface area contributed by atoms with Crippen LogP contribution in [0.5, 0.6) is 0 Å². The normalized spacial score (nSPS) is 18.4. The number of aromatic nitrogens is 2. The van der Waals surface area contributed by atoms with Gasteiger partial charge in [0, 0.05) is 44.1 Å². The Morgan fingerprint density at radius 3 is 2.43 bits per heavy atom. The SMILES string of the molecule is CCC(C)N1C(=O)/C(=C\c2c(N3CCN(c4ccc(F)cc4)CC3)nc3ccc(C)cn3c2=O)SC1=S. The molecule has 2 aliphatic heterocycles. The molecular weight excluding hydrogens is 509 g/mol. The summed E-state index contributed by atoms with van der Waals surface area (Å²) in [6, 6.07) is 10.2. The third kappa shape index (κ3) is 4.87. The van der Waals surface area contributed by atoms with Gasteiger partial charge in [0.2, 0.25) is 0 Å². The number of nitrogens with zero attached hydrogens (tertiary/aromatic N) is 5. The van der Waals surface area contributed by atoms with Crippen LogP contribution >= 0.6 is 24.0 Å². The van der Waals surface area contributed by atoms with Gasteiger partial charge < -0.3 is 9.80 Å². The predicted octanol–water partition coefficient (Wildman–Crippen LogP) is 4.47. The molecule has 0 bridgehead atoms. The number of amides is 1. The quantitative estimate of drug-likeness (QED) is 0.352. The number of halogens is 1. The second-order valence-corrected chi connectivity index (χ2v) is 11.0. The van der Waals surface area contributed by atoms with Crippen LogP contribution in [0, 0.1) is 12.7 Å². The van der Waals surface area contributed by atoms with Crippen molar-refractivity contribution in [1.82, 2.24) is 14.3 Å². The molecule has 0 spiro atoms. The highest BCUT2D eigenvalue weighted by atomic mass is 32.2. The highest BCUT2D eigenvalue weighted by Crippen LogP contribution is 2.35. The molecule has 1 unspecified atom stereocenters. The summed E-state index contributed by atoms with van der Waals surface area (Å²) in [5.41, 5.74) is 2.60. The number of aryl methyl sites for hydroxylation is 1. The Bertz CT molecular complexity index is 1460. The van der Waals surface area contributed by atoms with Gasteiger partial charge in [0.1, 0.15) is 21.6 Å². The van der Waals surface area contributed by atoms with E-state index in [-0.39, 0.29) is 23.3 Å². The summed E-state index contributed by atoms with van der Waals surface area (Å²) in [5, 5.41) is 0. The average Bonchev–Trinajstić information content (AvgIpc) is 3.18. The molecule has 0 aliphatic carbocycles. The number of thiocarbonyl (C=S) groups is 1. The molecule has 2 aromatic heterocycles. The van der Waals surface area contributed by atoms with Crippen LogP contribution in [0.4, 0.5) is 15.9 Å². The highest BCUT2D eigenvalue weighted by Gasteiger charge is 2.35. The molecule has 0 N–H and O–H groups in total. The van der Waals surface area contributed by atoms with E-state index < -0.39 is 0 Å². The fourth-order valence-corrected chi connectivity index (χ4v) is 6.06. The molecule has 192 valence electrons. The third-order valence-electron chi connectivity index (χ3n) is 6.89. The summed E-state index contributed by atoms with van der Waals surface area (Å²) < 4.78 is 15.4. The van der Waals surface area contributed by atoms with Crippen molar-refractivity contribution in [3.63, 3.8) is 0 Å².